The van der Waals surface area contributed by atoms with E-state index in [1.807, 2.05) is 0 Å². The maximum absolute atomic E-state index is 11.5. The van der Waals surface area contributed by atoms with Crippen molar-refractivity contribution in [1.29, 1.82) is 0 Å². The molecular weight excluding hydrogens is 320 g/mol. The standard InChI is InChI=1S/C14H15ClN6O2/c15-9-5-6-11(16-7-9)20-14-12(21(22)23)13(17-8-18-14)19-10-3-1-2-4-10/h5-8,10H,1-4H2,(H2,16,17,18,19,20). The molecule has 1 saturated carbocycles. The molecule has 9 heteroatoms. The molecule has 2 aromatic heterocycles. The minimum absolute atomic E-state index is 0.0975. The Kier molecular flexibility index (Phi) is 4.52. The van der Waals surface area contributed by atoms with Crippen LogP contribution in [0.4, 0.5) is 23.1 Å². The van der Waals surface area contributed by atoms with Gasteiger partial charge in [0.05, 0.1) is 9.95 Å². The van der Waals surface area contributed by atoms with Gasteiger partial charge in [0, 0.05) is 12.2 Å². The lowest BCUT2D eigenvalue weighted by atomic mass is 10.2. The van der Waals surface area contributed by atoms with Gasteiger partial charge >= 0.3 is 5.69 Å². The zero-order valence-corrected chi connectivity index (χ0v) is 13.0. The van der Waals surface area contributed by atoms with E-state index < -0.39 is 4.92 Å². The van der Waals surface area contributed by atoms with Crippen LogP contribution < -0.4 is 10.6 Å². The SMILES string of the molecule is O=[N+]([O-])c1c(Nc2ccc(Cl)cn2)ncnc1NC1CCCC1. The molecule has 0 aromatic carbocycles. The summed E-state index contributed by atoms with van der Waals surface area (Å²) in [5.74, 6) is 0.747. The molecule has 2 heterocycles. The Hall–Kier alpha value is -2.48. The van der Waals surface area contributed by atoms with Gasteiger partial charge in [-0.2, -0.15) is 0 Å². The van der Waals surface area contributed by atoms with E-state index in [1.165, 1.54) is 12.5 Å². The molecule has 3 rings (SSSR count). The highest BCUT2D eigenvalue weighted by Crippen LogP contribution is 2.33. The second-order valence-corrected chi connectivity index (χ2v) is 5.73. The Labute approximate surface area is 137 Å². The van der Waals surface area contributed by atoms with E-state index in [-0.39, 0.29) is 23.4 Å². The summed E-state index contributed by atoms with van der Waals surface area (Å²) in [5.41, 5.74) is -0.184. The Morgan fingerprint density at radius 2 is 1.91 bits per heavy atom. The lowest BCUT2D eigenvalue weighted by Gasteiger charge is -2.13. The number of nitro groups is 1. The zero-order valence-electron chi connectivity index (χ0n) is 12.2. The highest BCUT2D eigenvalue weighted by Gasteiger charge is 2.26. The van der Waals surface area contributed by atoms with Gasteiger partial charge < -0.3 is 10.6 Å². The zero-order chi connectivity index (χ0) is 16.2. The lowest BCUT2D eigenvalue weighted by Crippen LogP contribution is -2.17. The average molecular weight is 335 g/mol. The molecule has 1 fully saturated rings. The molecule has 1 aliphatic rings. The number of nitrogens with one attached hydrogen (secondary N) is 2. The fraction of sp³-hybridized carbons (Fsp3) is 0.357. The number of anilines is 3. The summed E-state index contributed by atoms with van der Waals surface area (Å²) in [6.07, 6.45) is 6.97. The van der Waals surface area contributed by atoms with Crippen LogP contribution in [0.15, 0.2) is 24.7 Å². The molecule has 0 atom stereocenters. The molecular formula is C14H15ClN6O2. The summed E-state index contributed by atoms with van der Waals surface area (Å²) in [6, 6.07) is 3.48. The molecule has 8 nitrogen and oxygen atoms in total. The fourth-order valence-corrected chi connectivity index (χ4v) is 2.70. The van der Waals surface area contributed by atoms with E-state index in [0.29, 0.717) is 10.8 Å². The van der Waals surface area contributed by atoms with Gasteiger partial charge in [0.2, 0.25) is 11.6 Å². The van der Waals surface area contributed by atoms with Crippen molar-refractivity contribution in [2.75, 3.05) is 10.6 Å². The van der Waals surface area contributed by atoms with Crippen molar-refractivity contribution in [3.63, 3.8) is 0 Å². The van der Waals surface area contributed by atoms with Crippen molar-refractivity contribution in [3.05, 3.63) is 39.8 Å². The Morgan fingerprint density at radius 3 is 2.57 bits per heavy atom. The van der Waals surface area contributed by atoms with Gasteiger partial charge in [0.25, 0.3) is 0 Å². The Bertz CT molecular complexity index is 703. The van der Waals surface area contributed by atoms with Gasteiger partial charge in [-0.3, -0.25) is 10.1 Å². The average Bonchev–Trinajstić information content (AvgIpc) is 3.02. The number of hydrogen-bond acceptors (Lipinski definition) is 7. The molecule has 1 aliphatic carbocycles. The molecule has 0 bridgehead atoms. The van der Waals surface area contributed by atoms with Crippen molar-refractivity contribution in [2.24, 2.45) is 0 Å². The first-order valence-electron chi connectivity index (χ1n) is 7.28. The van der Waals surface area contributed by atoms with E-state index in [4.69, 9.17) is 11.6 Å². The maximum Gasteiger partial charge on any atom is 0.353 e. The number of nitrogens with zero attached hydrogens (tertiary/aromatic N) is 4. The lowest BCUT2D eigenvalue weighted by molar-refractivity contribution is -0.383. The highest BCUT2D eigenvalue weighted by molar-refractivity contribution is 6.30. The van der Waals surface area contributed by atoms with Gasteiger partial charge in [-0.05, 0) is 25.0 Å². The second-order valence-electron chi connectivity index (χ2n) is 5.29. The van der Waals surface area contributed by atoms with Gasteiger partial charge in [0.15, 0.2) is 0 Å². The monoisotopic (exact) mass is 334 g/mol. The van der Waals surface area contributed by atoms with Crippen molar-refractivity contribution in [3.8, 4) is 0 Å². The number of pyridine rings is 1. The second kappa shape index (κ2) is 6.74. The smallest absolute Gasteiger partial charge is 0.353 e. The van der Waals surface area contributed by atoms with Crippen molar-refractivity contribution in [1.82, 2.24) is 15.0 Å². The normalized spacial score (nSPS) is 14.7. The van der Waals surface area contributed by atoms with Crippen LogP contribution >= 0.6 is 11.6 Å². The highest BCUT2D eigenvalue weighted by atomic mass is 35.5. The predicted octanol–water partition coefficient (Wildman–Crippen LogP) is 3.53. The van der Waals surface area contributed by atoms with Gasteiger partial charge in [0.1, 0.15) is 12.1 Å². The molecule has 0 amide bonds. The largest absolute Gasteiger partial charge is 0.361 e. The third-order valence-corrected chi connectivity index (χ3v) is 3.90. The van der Waals surface area contributed by atoms with Crippen LogP contribution in [-0.2, 0) is 0 Å². The third-order valence-electron chi connectivity index (χ3n) is 3.67. The molecule has 120 valence electrons. The van der Waals surface area contributed by atoms with E-state index in [0.717, 1.165) is 25.7 Å². The quantitative estimate of drug-likeness (QED) is 0.636. The first kappa shape index (κ1) is 15.4. The molecule has 23 heavy (non-hydrogen) atoms. The summed E-state index contributed by atoms with van der Waals surface area (Å²) in [5, 5.41) is 17.9. The molecule has 2 N–H and O–H groups in total. The van der Waals surface area contributed by atoms with Crippen LogP contribution in [0, 0.1) is 10.1 Å². The first-order chi connectivity index (χ1) is 11.1. The van der Waals surface area contributed by atoms with Gasteiger partial charge in [-0.25, -0.2) is 15.0 Å². The summed E-state index contributed by atoms with van der Waals surface area (Å²) < 4.78 is 0. The van der Waals surface area contributed by atoms with Crippen LogP contribution in [0.25, 0.3) is 0 Å². The van der Waals surface area contributed by atoms with Gasteiger partial charge in [-0.15, -0.1) is 0 Å². The van der Waals surface area contributed by atoms with Crippen LogP contribution in [-0.4, -0.2) is 25.9 Å². The summed E-state index contributed by atoms with van der Waals surface area (Å²) in [4.78, 5) is 23.0. The number of aromatic nitrogens is 3. The molecule has 2 aromatic rings. The topological polar surface area (TPSA) is 106 Å². The van der Waals surface area contributed by atoms with Gasteiger partial charge in [-0.1, -0.05) is 24.4 Å². The minimum atomic E-state index is -0.491. The number of hydrogen-bond donors (Lipinski definition) is 2. The summed E-state index contributed by atoms with van der Waals surface area (Å²) in [7, 11) is 0. The first-order valence-corrected chi connectivity index (χ1v) is 7.66. The van der Waals surface area contributed by atoms with Crippen molar-refractivity contribution >= 4 is 34.7 Å². The van der Waals surface area contributed by atoms with Crippen LogP contribution in [0.1, 0.15) is 25.7 Å². The van der Waals surface area contributed by atoms with E-state index >= 15 is 0 Å². The van der Waals surface area contributed by atoms with Crippen molar-refractivity contribution in [2.45, 2.75) is 31.7 Å². The van der Waals surface area contributed by atoms with Crippen LogP contribution in [0.3, 0.4) is 0 Å². The number of rotatable bonds is 5. The van der Waals surface area contributed by atoms with Crippen LogP contribution in [0.2, 0.25) is 5.02 Å². The summed E-state index contributed by atoms with van der Waals surface area (Å²) >= 11 is 5.78. The molecule has 0 unspecified atom stereocenters. The van der Waals surface area contributed by atoms with E-state index in [2.05, 4.69) is 25.6 Å². The van der Waals surface area contributed by atoms with E-state index in [1.54, 1.807) is 12.1 Å². The van der Waals surface area contributed by atoms with Crippen molar-refractivity contribution < 1.29 is 4.92 Å². The predicted molar refractivity (Wildman–Crippen MR) is 87.1 cm³/mol. The molecule has 0 aliphatic heterocycles. The molecule has 0 radical (unpaired) electrons. The minimum Gasteiger partial charge on any atom is -0.361 e. The van der Waals surface area contributed by atoms with E-state index in [9.17, 15) is 10.1 Å². The molecule has 0 saturated heterocycles. The fourth-order valence-electron chi connectivity index (χ4n) is 2.58. The van der Waals surface area contributed by atoms with Crippen LogP contribution in [0.5, 0.6) is 0 Å². The molecule has 0 spiro atoms. The Morgan fingerprint density at radius 1 is 1.17 bits per heavy atom. The maximum atomic E-state index is 11.5. The number of halogens is 1. The third kappa shape index (κ3) is 3.65. The summed E-state index contributed by atoms with van der Waals surface area (Å²) in [6.45, 7) is 0. The Balaban J connectivity index is 1.89.